The van der Waals surface area contributed by atoms with Crippen molar-refractivity contribution in [1.29, 1.82) is 0 Å². The Bertz CT molecular complexity index is 1260. The van der Waals surface area contributed by atoms with E-state index in [0.717, 1.165) is 12.0 Å². The number of amides is 2. The monoisotopic (exact) mass is 463 g/mol. The molecule has 0 unspecified atom stereocenters. The van der Waals surface area contributed by atoms with Crippen LogP contribution in [0.25, 0.3) is 0 Å². The molecule has 1 fully saturated rings. The van der Waals surface area contributed by atoms with E-state index in [0.29, 0.717) is 18.7 Å². The number of nitrogens with one attached hydrogen (secondary N) is 2. The molecule has 0 spiro atoms. The molecule has 7 nitrogen and oxygen atoms in total. The summed E-state index contributed by atoms with van der Waals surface area (Å²) in [6.07, 6.45) is 1.30. The molecule has 3 aromatic carbocycles. The Balaban J connectivity index is 1.52. The van der Waals surface area contributed by atoms with E-state index in [1.807, 2.05) is 37.3 Å². The molecule has 1 aliphatic rings. The first-order valence-corrected chi connectivity index (χ1v) is 12.2. The van der Waals surface area contributed by atoms with Gasteiger partial charge in [-0.2, -0.15) is 0 Å². The van der Waals surface area contributed by atoms with Crippen LogP contribution in [0.5, 0.6) is 0 Å². The predicted molar refractivity (Wildman–Crippen MR) is 128 cm³/mol. The summed E-state index contributed by atoms with van der Waals surface area (Å²) in [5.74, 6) is -0.346. The number of hydrogen-bond acceptors (Lipinski definition) is 4. The number of nitrogens with zero attached hydrogens (tertiary/aromatic N) is 1. The van der Waals surface area contributed by atoms with E-state index in [4.69, 9.17) is 0 Å². The first-order valence-electron chi connectivity index (χ1n) is 10.7. The quantitative estimate of drug-likeness (QED) is 0.551. The average Bonchev–Trinajstić information content (AvgIpc) is 3.25. The topological polar surface area (TPSA) is 95.6 Å². The minimum Gasteiger partial charge on any atom is -0.345 e. The van der Waals surface area contributed by atoms with Crippen molar-refractivity contribution in [1.82, 2.24) is 5.32 Å². The minimum atomic E-state index is -3.94. The van der Waals surface area contributed by atoms with E-state index >= 15 is 0 Å². The largest absolute Gasteiger partial charge is 0.345 e. The first kappa shape index (κ1) is 22.5. The van der Waals surface area contributed by atoms with Crippen molar-refractivity contribution < 1.29 is 18.0 Å². The van der Waals surface area contributed by atoms with Gasteiger partial charge in [0.15, 0.2) is 0 Å². The molecule has 0 aromatic heterocycles. The van der Waals surface area contributed by atoms with Gasteiger partial charge in [-0.25, -0.2) is 8.42 Å². The van der Waals surface area contributed by atoms with Crippen LogP contribution in [0.15, 0.2) is 83.8 Å². The number of carbonyl (C=O) groups is 2. The smallest absolute Gasteiger partial charge is 0.261 e. The number of para-hydroxylation sites is 1. The second-order valence-electron chi connectivity index (χ2n) is 7.90. The molecule has 8 heteroatoms. The minimum absolute atomic E-state index is 0.0356. The molecule has 2 N–H and O–H groups in total. The molecule has 0 saturated carbocycles. The fourth-order valence-electron chi connectivity index (χ4n) is 3.80. The van der Waals surface area contributed by atoms with Crippen LogP contribution in [0, 0.1) is 0 Å². The summed E-state index contributed by atoms with van der Waals surface area (Å²) in [6, 6.07) is 21.9. The van der Waals surface area contributed by atoms with Crippen LogP contribution >= 0.6 is 0 Å². The Labute approximate surface area is 193 Å². The summed E-state index contributed by atoms with van der Waals surface area (Å²) in [6.45, 7) is 2.50. The number of carbonyl (C=O) groups excluding carboxylic acids is 2. The summed E-state index contributed by atoms with van der Waals surface area (Å²) in [5.41, 5.74) is 2.03. The van der Waals surface area contributed by atoms with Crippen molar-refractivity contribution >= 4 is 33.2 Å². The Hall–Kier alpha value is -3.65. The number of hydrogen-bond donors (Lipinski definition) is 2. The number of rotatable bonds is 7. The van der Waals surface area contributed by atoms with E-state index in [1.165, 1.54) is 12.1 Å². The summed E-state index contributed by atoms with van der Waals surface area (Å²) >= 11 is 0. The fraction of sp³-hybridized carbons (Fsp3) is 0.200. The SMILES string of the molecule is C[C@@H](NC(=O)c1ccccc1NS(=O)(=O)c1ccc(N2CCCC2=O)cc1)c1ccccc1. The molecule has 170 valence electrons. The number of benzene rings is 3. The van der Waals surface area contributed by atoms with Gasteiger partial charge >= 0.3 is 0 Å². The van der Waals surface area contributed by atoms with Crippen LogP contribution in [-0.2, 0) is 14.8 Å². The van der Waals surface area contributed by atoms with Crippen LogP contribution in [0.3, 0.4) is 0 Å². The van der Waals surface area contributed by atoms with E-state index in [2.05, 4.69) is 10.0 Å². The van der Waals surface area contributed by atoms with Crippen LogP contribution < -0.4 is 14.9 Å². The van der Waals surface area contributed by atoms with Crippen LogP contribution in [0.1, 0.15) is 41.7 Å². The van der Waals surface area contributed by atoms with Gasteiger partial charge in [-0.1, -0.05) is 42.5 Å². The van der Waals surface area contributed by atoms with Crippen molar-refractivity contribution in [3.05, 3.63) is 90.0 Å². The van der Waals surface area contributed by atoms with E-state index in [9.17, 15) is 18.0 Å². The molecule has 2 amide bonds. The molecule has 0 radical (unpaired) electrons. The van der Waals surface area contributed by atoms with Crippen LogP contribution in [0.2, 0.25) is 0 Å². The second-order valence-corrected chi connectivity index (χ2v) is 9.58. The lowest BCUT2D eigenvalue weighted by molar-refractivity contribution is -0.117. The summed E-state index contributed by atoms with van der Waals surface area (Å²) in [7, 11) is -3.94. The zero-order valence-corrected chi connectivity index (χ0v) is 19.0. The molecule has 1 atom stereocenters. The van der Waals surface area contributed by atoms with Crippen molar-refractivity contribution in [2.24, 2.45) is 0 Å². The molecule has 3 aromatic rings. The van der Waals surface area contributed by atoms with Gasteiger partial charge in [-0.3, -0.25) is 14.3 Å². The van der Waals surface area contributed by atoms with Gasteiger partial charge in [0.25, 0.3) is 15.9 Å². The lowest BCUT2D eigenvalue weighted by Gasteiger charge is -2.18. The molecular formula is C25H25N3O4S. The maximum atomic E-state index is 13.0. The molecule has 0 aliphatic carbocycles. The number of anilines is 2. The summed E-state index contributed by atoms with van der Waals surface area (Å²) < 4.78 is 28.5. The Morgan fingerprint density at radius 1 is 0.939 bits per heavy atom. The highest BCUT2D eigenvalue weighted by molar-refractivity contribution is 7.92. The van der Waals surface area contributed by atoms with Crippen LogP contribution in [0.4, 0.5) is 11.4 Å². The van der Waals surface area contributed by atoms with Crippen molar-refractivity contribution in [3.8, 4) is 0 Å². The van der Waals surface area contributed by atoms with Crippen molar-refractivity contribution in [3.63, 3.8) is 0 Å². The molecule has 4 rings (SSSR count). The normalized spacial score (nSPS) is 14.7. The van der Waals surface area contributed by atoms with Crippen molar-refractivity contribution in [2.75, 3.05) is 16.2 Å². The highest BCUT2D eigenvalue weighted by Crippen LogP contribution is 2.25. The Morgan fingerprint density at radius 2 is 1.61 bits per heavy atom. The zero-order chi connectivity index (χ0) is 23.4. The third-order valence-corrected chi connectivity index (χ3v) is 6.98. The molecule has 0 bridgehead atoms. The highest BCUT2D eigenvalue weighted by Gasteiger charge is 2.23. The molecule has 1 aliphatic heterocycles. The lowest BCUT2D eigenvalue weighted by atomic mass is 10.1. The predicted octanol–water partition coefficient (Wildman–Crippen LogP) is 4.11. The second kappa shape index (κ2) is 9.46. The Morgan fingerprint density at radius 3 is 2.27 bits per heavy atom. The third-order valence-electron chi connectivity index (χ3n) is 5.60. The van der Waals surface area contributed by atoms with Crippen molar-refractivity contribution in [2.45, 2.75) is 30.7 Å². The number of sulfonamides is 1. The summed E-state index contributed by atoms with van der Waals surface area (Å²) in [4.78, 5) is 26.5. The lowest BCUT2D eigenvalue weighted by Crippen LogP contribution is -2.28. The molecule has 1 heterocycles. The summed E-state index contributed by atoms with van der Waals surface area (Å²) in [5, 5.41) is 2.91. The highest BCUT2D eigenvalue weighted by atomic mass is 32.2. The maximum absolute atomic E-state index is 13.0. The molecule has 33 heavy (non-hydrogen) atoms. The van der Waals surface area contributed by atoms with Gasteiger partial charge in [0.1, 0.15) is 0 Å². The third kappa shape index (κ3) is 5.06. The zero-order valence-electron chi connectivity index (χ0n) is 18.2. The van der Waals surface area contributed by atoms with Gasteiger partial charge in [-0.05, 0) is 55.3 Å². The van der Waals surface area contributed by atoms with Gasteiger partial charge in [0, 0.05) is 18.7 Å². The van der Waals surface area contributed by atoms with E-state index in [1.54, 1.807) is 41.3 Å². The fourth-order valence-corrected chi connectivity index (χ4v) is 4.88. The van der Waals surface area contributed by atoms with E-state index in [-0.39, 0.29) is 34.0 Å². The van der Waals surface area contributed by atoms with Gasteiger partial charge in [0.2, 0.25) is 5.91 Å². The Kier molecular flexibility index (Phi) is 6.46. The first-order chi connectivity index (χ1) is 15.8. The molecular weight excluding hydrogens is 438 g/mol. The van der Waals surface area contributed by atoms with Gasteiger partial charge in [-0.15, -0.1) is 0 Å². The van der Waals surface area contributed by atoms with Crippen LogP contribution in [-0.4, -0.2) is 26.8 Å². The molecule has 1 saturated heterocycles. The van der Waals surface area contributed by atoms with E-state index < -0.39 is 10.0 Å². The standard InChI is InChI=1S/C25H25N3O4S/c1-18(19-8-3-2-4-9-19)26-25(30)22-10-5-6-11-23(22)27-33(31,32)21-15-13-20(14-16-21)28-17-7-12-24(28)29/h2-6,8-11,13-16,18,27H,7,12,17H2,1H3,(H,26,30)/t18-/m1/s1. The van der Waals surface area contributed by atoms with Gasteiger partial charge < -0.3 is 10.2 Å². The maximum Gasteiger partial charge on any atom is 0.261 e. The average molecular weight is 464 g/mol. The van der Waals surface area contributed by atoms with Gasteiger partial charge in [0.05, 0.1) is 22.2 Å².